The van der Waals surface area contributed by atoms with Crippen LogP contribution in [0.2, 0.25) is 0 Å². The Bertz CT molecular complexity index is 2620. The second kappa shape index (κ2) is 10.9. The van der Waals surface area contributed by atoms with E-state index in [1.165, 1.54) is 9.40 Å². The monoisotopic (exact) mass is 692 g/mol. The number of hydrogen-bond donors (Lipinski definition) is 0. The molecular weight excluding hydrogens is 671 g/mol. The largest absolute Gasteiger partial charge is 0.206 e. The quantitative estimate of drug-likeness (QED) is 0.172. The third-order valence-corrected chi connectivity index (χ3v) is 13.2. The minimum Gasteiger partial charge on any atom is -0.206 e. The van der Waals surface area contributed by atoms with Gasteiger partial charge in [-0.25, -0.2) is 8.78 Å². The third-order valence-electron chi connectivity index (χ3n) is 9.14. The number of fused-ring (bicyclic) bond motifs is 5. The van der Waals surface area contributed by atoms with Crippen molar-refractivity contribution in [3.63, 3.8) is 0 Å². The van der Waals surface area contributed by atoms with Crippen LogP contribution in [0.5, 0.6) is 0 Å². The van der Waals surface area contributed by atoms with E-state index in [2.05, 4.69) is 83.6 Å². The van der Waals surface area contributed by atoms with Crippen molar-refractivity contribution in [1.82, 2.24) is 0 Å². The van der Waals surface area contributed by atoms with Crippen molar-refractivity contribution >= 4 is 96.5 Å². The van der Waals surface area contributed by atoms with Crippen molar-refractivity contribution in [1.29, 1.82) is 0 Å². The minimum atomic E-state index is -0.213. The van der Waals surface area contributed by atoms with Crippen LogP contribution in [0.3, 0.4) is 0 Å². The summed E-state index contributed by atoms with van der Waals surface area (Å²) in [5, 5.41) is 11.0. The second-order valence-corrected chi connectivity index (χ2v) is 16.1. The molecule has 0 atom stereocenters. The van der Waals surface area contributed by atoms with Crippen LogP contribution in [0.15, 0.2) is 132 Å². The van der Waals surface area contributed by atoms with Crippen LogP contribution in [0.4, 0.5) is 8.78 Å². The Labute approximate surface area is 290 Å². The maximum absolute atomic E-state index is 15.5. The van der Waals surface area contributed by atoms with Crippen LogP contribution in [0.1, 0.15) is 0 Å². The summed E-state index contributed by atoms with van der Waals surface area (Å²) in [6.07, 6.45) is 0. The highest BCUT2D eigenvalue weighted by molar-refractivity contribution is 7.23. The highest BCUT2D eigenvalue weighted by Gasteiger charge is 2.14. The van der Waals surface area contributed by atoms with Gasteiger partial charge < -0.3 is 0 Å². The summed E-state index contributed by atoms with van der Waals surface area (Å²) >= 11 is 6.76. The molecule has 6 aromatic carbocycles. The Morgan fingerprint density at radius 1 is 0.333 bits per heavy atom. The van der Waals surface area contributed by atoms with E-state index in [1.807, 2.05) is 36.4 Å². The van der Waals surface area contributed by atoms with Gasteiger partial charge in [-0.15, -0.1) is 45.3 Å². The summed E-state index contributed by atoms with van der Waals surface area (Å²) in [6.45, 7) is 0. The summed E-state index contributed by atoms with van der Waals surface area (Å²) < 4.78 is 35.7. The third kappa shape index (κ3) is 4.71. The maximum atomic E-state index is 15.5. The topological polar surface area (TPSA) is 0 Å². The van der Waals surface area contributed by atoms with Crippen LogP contribution in [-0.4, -0.2) is 0 Å². The molecule has 0 aliphatic carbocycles. The van der Waals surface area contributed by atoms with Crippen LogP contribution in [0.25, 0.3) is 94.3 Å². The van der Waals surface area contributed by atoms with Gasteiger partial charge in [0.25, 0.3) is 0 Å². The molecule has 48 heavy (non-hydrogen) atoms. The fraction of sp³-hybridized carbons (Fsp3) is 0. The van der Waals surface area contributed by atoms with Crippen LogP contribution >= 0.6 is 45.3 Å². The number of rotatable bonds is 4. The predicted octanol–water partition coefficient (Wildman–Crippen LogP) is 14.6. The lowest BCUT2D eigenvalue weighted by molar-refractivity contribution is 0.631. The normalized spacial score (nSPS) is 12.0. The fourth-order valence-electron chi connectivity index (χ4n) is 6.68. The summed E-state index contributed by atoms with van der Waals surface area (Å²) in [6, 6.07) is 40.8. The van der Waals surface area contributed by atoms with Gasteiger partial charge in [0.15, 0.2) is 0 Å². The molecule has 6 heteroatoms. The van der Waals surface area contributed by atoms with Crippen molar-refractivity contribution in [3.8, 4) is 43.1 Å². The zero-order valence-electron chi connectivity index (χ0n) is 25.1. The highest BCUT2D eigenvalue weighted by Crippen LogP contribution is 2.41. The van der Waals surface area contributed by atoms with Crippen molar-refractivity contribution in [2.24, 2.45) is 0 Å². The Kier molecular flexibility index (Phi) is 6.43. The standard InChI is InChI=1S/C42H22F2S4/c43-35-17-25(1-5-33(35)23-3-7-37-27(13-23)9-11-45-37)39-21-31-15-29-20-42-32(16-30(29)19-41(31)47-39)22-40(48-42)26-2-6-34(36(44)18-26)24-4-8-38-28(14-24)10-12-46-38/h1-22H. The average Bonchev–Trinajstić information content (AvgIpc) is 3.91. The molecular formula is C42H22F2S4. The lowest BCUT2D eigenvalue weighted by Gasteiger charge is -2.06. The molecule has 0 amide bonds. The lowest BCUT2D eigenvalue weighted by Crippen LogP contribution is -1.85. The predicted molar refractivity (Wildman–Crippen MR) is 207 cm³/mol. The molecule has 10 rings (SSSR count). The van der Waals surface area contributed by atoms with Gasteiger partial charge in [0.05, 0.1) is 0 Å². The lowest BCUT2D eigenvalue weighted by atomic mass is 10.0. The van der Waals surface area contributed by atoms with Crippen LogP contribution in [0, 0.1) is 11.6 Å². The first-order valence-electron chi connectivity index (χ1n) is 15.5. The molecule has 0 aliphatic rings. The van der Waals surface area contributed by atoms with Crippen molar-refractivity contribution in [2.75, 3.05) is 0 Å². The zero-order chi connectivity index (χ0) is 31.9. The van der Waals surface area contributed by atoms with E-state index in [4.69, 9.17) is 0 Å². The van der Waals surface area contributed by atoms with E-state index in [0.29, 0.717) is 11.1 Å². The molecule has 0 spiro atoms. The summed E-state index contributed by atoms with van der Waals surface area (Å²) in [5.41, 5.74) is 4.79. The molecule has 0 saturated carbocycles. The maximum Gasteiger partial charge on any atom is 0.131 e. The molecule has 0 unspecified atom stereocenters. The van der Waals surface area contributed by atoms with E-state index < -0.39 is 0 Å². The number of hydrogen-bond acceptors (Lipinski definition) is 4. The van der Waals surface area contributed by atoms with Crippen molar-refractivity contribution in [2.45, 2.75) is 0 Å². The Hall–Kier alpha value is -4.72. The van der Waals surface area contributed by atoms with Gasteiger partial charge in [0, 0.05) is 39.7 Å². The molecule has 4 heterocycles. The fourth-order valence-corrected chi connectivity index (χ4v) is 10.4. The molecule has 0 saturated heterocycles. The van der Waals surface area contributed by atoms with E-state index in [-0.39, 0.29) is 11.6 Å². The van der Waals surface area contributed by atoms with Gasteiger partial charge in [-0.05, 0) is 150 Å². The molecule has 0 radical (unpaired) electrons. The van der Waals surface area contributed by atoms with E-state index in [1.54, 1.807) is 57.5 Å². The molecule has 10 aromatic rings. The molecule has 228 valence electrons. The molecule has 0 bridgehead atoms. The van der Waals surface area contributed by atoms with Gasteiger partial charge in [0.1, 0.15) is 11.6 Å². The molecule has 0 fully saturated rings. The molecule has 4 aromatic heterocycles. The Morgan fingerprint density at radius 3 is 1.25 bits per heavy atom. The van der Waals surface area contributed by atoms with E-state index in [0.717, 1.165) is 73.7 Å². The number of benzene rings is 6. The SMILES string of the molecule is Fc1cc(-c2cc3cc4cc5sc(-c6ccc(-c7ccc8sccc8c7)c(F)c6)cc5cc4cc3s2)ccc1-c1ccc2sccc2c1. The van der Waals surface area contributed by atoms with Crippen molar-refractivity contribution < 1.29 is 8.78 Å². The molecule has 0 N–H and O–H groups in total. The summed E-state index contributed by atoms with van der Waals surface area (Å²) in [4.78, 5) is 2.09. The van der Waals surface area contributed by atoms with Gasteiger partial charge in [0.2, 0.25) is 0 Å². The second-order valence-electron chi connectivity index (χ2n) is 12.1. The van der Waals surface area contributed by atoms with Gasteiger partial charge >= 0.3 is 0 Å². The van der Waals surface area contributed by atoms with Gasteiger partial charge in [-0.1, -0.05) is 36.4 Å². The van der Waals surface area contributed by atoms with E-state index in [9.17, 15) is 0 Å². The Morgan fingerprint density at radius 2 is 0.792 bits per heavy atom. The van der Waals surface area contributed by atoms with E-state index >= 15 is 8.78 Å². The zero-order valence-corrected chi connectivity index (χ0v) is 28.4. The highest BCUT2D eigenvalue weighted by atomic mass is 32.1. The first-order valence-corrected chi connectivity index (χ1v) is 18.9. The van der Waals surface area contributed by atoms with Gasteiger partial charge in [-0.2, -0.15) is 0 Å². The smallest absolute Gasteiger partial charge is 0.131 e. The minimum absolute atomic E-state index is 0.213. The van der Waals surface area contributed by atoms with Gasteiger partial charge in [-0.3, -0.25) is 0 Å². The van der Waals surface area contributed by atoms with Crippen molar-refractivity contribution in [3.05, 3.63) is 144 Å². The number of halogens is 2. The first-order chi connectivity index (χ1) is 23.5. The van der Waals surface area contributed by atoms with Crippen LogP contribution in [-0.2, 0) is 0 Å². The molecule has 0 nitrogen and oxygen atoms in total. The van der Waals surface area contributed by atoms with Crippen LogP contribution < -0.4 is 0 Å². The summed E-state index contributed by atoms with van der Waals surface area (Å²) in [5.74, 6) is -0.426. The molecule has 0 aliphatic heterocycles. The Balaban J connectivity index is 0.968. The summed E-state index contributed by atoms with van der Waals surface area (Å²) in [7, 11) is 0. The average molecular weight is 693 g/mol. The number of thiophene rings is 4. The first kappa shape index (κ1) is 28.3.